The number of fused-ring (bicyclic) bond motifs is 3. The van der Waals surface area contributed by atoms with Crippen molar-refractivity contribution < 1.29 is 14.0 Å². The summed E-state index contributed by atoms with van der Waals surface area (Å²) in [4.78, 5) is 29.5. The average Bonchev–Trinajstić information content (AvgIpc) is 3.29. The van der Waals surface area contributed by atoms with Crippen LogP contribution in [-0.2, 0) is 17.9 Å². The van der Waals surface area contributed by atoms with E-state index in [1.54, 1.807) is 28.4 Å². The van der Waals surface area contributed by atoms with E-state index in [4.69, 9.17) is 0 Å². The number of hydrogen-bond acceptors (Lipinski definition) is 3. The van der Waals surface area contributed by atoms with Gasteiger partial charge in [0.1, 0.15) is 21.9 Å². The minimum atomic E-state index is -1.01. The SMILES string of the molecule is CC(C)CCN1C(=O)c2cc3ccsc3n2C[C@]1(C)C(=O)NCc1ccc(F)cc1. The molecule has 7 heteroatoms. The molecule has 4 rings (SSSR count). The van der Waals surface area contributed by atoms with Crippen LogP contribution in [0.15, 0.2) is 41.8 Å². The molecule has 1 atom stereocenters. The summed E-state index contributed by atoms with van der Waals surface area (Å²) in [5.74, 6) is -0.200. The first-order chi connectivity index (χ1) is 14.3. The highest BCUT2D eigenvalue weighted by molar-refractivity contribution is 7.16. The molecule has 1 aliphatic rings. The van der Waals surface area contributed by atoms with E-state index in [0.29, 0.717) is 24.7 Å². The molecule has 0 unspecified atom stereocenters. The number of rotatable bonds is 6. The lowest BCUT2D eigenvalue weighted by Crippen LogP contribution is -2.64. The number of carbonyl (C=O) groups is 2. The quantitative estimate of drug-likeness (QED) is 0.633. The Labute approximate surface area is 179 Å². The van der Waals surface area contributed by atoms with E-state index < -0.39 is 5.54 Å². The van der Waals surface area contributed by atoms with Gasteiger partial charge < -0.3 is 14.8 Å². The van der Waals surface area contributed by atoms with E-state index >= 15 is 0 Å². The van der Waals surface area contributed by atoms with Crippen LogP contribution in [0, 0.1) is 11.7 Å². The first kappa shape index (κ1) is 20.6. The van der Waals surface area contributed by atoms with Gasteiger partial charge in [0.25, 0.3) is 5.91 Å². The van der Waals surface area contributed by atoms with Gasteiger partial charge in [-0.05, 0) is 54.5 Å². The van der Waals surface area contributed by atoms with Crippen molar-refractivity contribution in [1.29, 1.82) is 0 Å². The van der Waals surface area contributed by atoms with Crippen LogP contribution in [0.1, 0.15) is 43.2 Å². The molecule has 0 radical (unpaired) electrons. The lowest BCUT2D eigenvalue weighted by atomic mass is 9.93. The molecule has 0 saturated heterocycles. The smallest absolute Gasteiger partial charge is 0.271 e. The molecule has 0 fully saturated rings. The second-order valence-electron chi connectivity index (χ2n) is 8.52. The van der Waals surface area contributed by atoms with Crippen LogP contribution in [0.5, 0.6) is 0 Å². The largest absolute Gasteiger partial charge is 0.350 e. The number of hydrogen-bond donors (Lipinski definition) is 1. The Morgan fingerprint density at radius 3 is 2.70 bits per heavy atom. The maximum atomic E-state index is 13.4. The topological polar surface area (TPSA) is 54.3 Å². The summed E-state index contributed by atoms with van der Waals surface area (Å²) in [5.41, 5.74) is 0.450. The molecule has 0 aliphatic carbocycles. The maximum absolute atomic E-state index is 13.4. The molecule has 158 valence electrons. The summed E-state index contributed by atoms with van der Waals surface area (Å²) >= 11 is 1.58. The summed E-state index contributed by atoms with van der Waals surface area (Å²) in [6, 6.07) is 9.98. The van der Waals surface area contributed by atoms with E-state index in [9.17, 15) is 14.0 Å². The van der Waals surface area contributed by atoms with Crippen molar-refractivity contribution in [2.24, 2.45) is 5.92 Å². The van der Waals surface area contributed by atoms with Gasteiger partial charge in [-0.1, -0.05) is 26.0 Å². The zero-order chi connectivity index (χ0) is 21.5. The lowest BCUT2D eigenvalue weighted by molar-refractivity contribution is -0.133. The van der Waals surface area contributed by atoms with Crippen molar-refractivity contribution in [1.82, 2.24) is 14.8 Å². The van der Waals surface area contributed by atoms with Gasteiger partial charge in [0.05, 0.1) is 6.54 Å². The number of thiophene rings is 1. The normalized spacial score (nSPS) is 18.8. The van der Waals surface area contributed by atoms with Gasteiger partial charge in [0, 0.05) is 18.5 Å². The molecular formula is C23H26FN3O2S. The first-order valence-electron chi connectivity index (χ1n) is 10.2. The second-order valence-corrected chi connectivity index (χ2v) is 9.41. The van der Waals surface area contributed by atoms with Gasteiger partial charge in [-0.15, -0.1) is 11.3 Å². The van der Waals surface area contributed by atoms with E-state index in [-0.39, 0.29) is 24.2 Å². The predicted molar refractivity (Wildman–Crippen MR) is 117 cm³/mol. The molecule has 0 spiro atoms. The van der Waals surface area contributed by atoms with Crippen molar-refractivity contribution in [2.75, 3.05) is 6.54 Å². The molecule has 5 nitrogen and oxygen atoms in total. The van der Waals surface area contributed by atoms with Gasteiger partial charge >= 0.3 is 0 Å². The Balaban J connectivity index is 1.64. The maximum Gasteiger partial charge on any atom is 0.271 e. The predicted octanol–water partition coefficient (Wildman–Crippen LogP) is 4.42. The van der Waals surface area contributed by atoms with Gasteiger partial charge in [-0.3, -0.25) is 9.59 Å². The molecule has 2 aromatic heterocycles. The van der Waals surface area contributed by atoms with E-state index in [0.717, 1.165) is 22.2 Å². The van der Waals surface area contributed by atoms with Crippen molar-refractivity contribution in [2.45, 2.75) is 45.8 Å². The zero-order valence-electron chi connectivity index (χ0n) is 17.4. The van der Waals surface area contributed by atoms with E-state index in [1.807, 2.05) is 29.0 Å². The van der Waals surface area contributed by atoms with Gasteiger partial charge in [-0.25, -0.2) is 4.39 Å². The molecule has 3 aromatic rings. The van der Waals surface area contributed by atoms with Crippen LogP contribution >= 0.6 is 11.3 Å². The van der Waals surface area contributed by atoms with Crippen LogP contribution < -0.4 is 5.32 Å². The van der Waals surface area contributed by atoms with Crippen molar-refractivity contribution in [3.05, 3.63) is 58.9 Å². The second kappa shape index (κ2) is 7.87. The Kier molecular flexibility index (Phi) is 5.40. The monoisotopic (exact) mass is 427 g/mol. The minimum Gasteiger partial charge on any atom is -0.350 e. The number of benzene rings is 1. The third kappa shape index (κ3) is 3.62. The van der Waals surface area contributed by atoms with Crippen LogP contribution in [0.2, 0.25) is 0 Å². The number of nitrogens with zero attached hydrogens (tertiary/aromatic N) is 2. The minimum absolute atomic E-state index is 0.107. The number of nitrogens with one attached hydrogen (secondary N) is 1. The molecule has 1 N–H and O–H groups in total. The molecule has 30 heavy (non-hydrogen) atoms. The van der Waals surface area contributed by atoms with Crippen LogP contribution in [0.4, 0.5) is 4.39 Å². The van der Waals surface area contributed by atoms with Crippen LogP contribution in [-0.4, -0.2) is 33.4 Å². The van der Waals surface area contributed by atoms with Gasteiger partial charge in [0.15, 0.2) is 0 Å². The molecular weight excluding hydrogens is 401 g/mol. The lowest BCUT2D eigenvalue weighted by Gasteiger charge is -2.44. The third-order valence-corrected chi connectivity index (χ3v) is 6.77. The summed E-state index contributed by atoms with van der Waals surface area (Å²) < 4.78 is 15.1. The molecule has 1 aromatic carbocycles. The summed E-state index contributed by atoms with van der Waals surface area (Å²) in [6.45, 7) is 7.28. The van der Waals surface area contributed by atoms with Crippen molar-refractivity contribution >= 4 is 33.4 Å². The first-order valence-corrected chi connectivity index (χ1v) is 11.1. The van der Waals surface area contributed by atoms with E-state index in [1.165, 1.54) is 12.1 Å². The fourth-order valence-corrected chi connectivity index (χ4v) is 4.87. The van der Waals surface area contributed by atoms with Gasteiger partial charge in [0.2, 0.25) is 5.91 Å². The highest BCUT2D eigenvalue weighted by Gasteiger charge is 2.47. The highest BCUT2D eigenvalue weighted by Crippen LogP contribution is 2.34. The summed E-state index contributed by atoms with van der Waals surface area (Å²) in [5, 5.41) is 6.00. The highest BCUT2D eigenvalue weighted by atomic mass is 32.1. The number of carbonyl (C=O) groups excluding carboxylic acids is 2. The van der Waals surface area contributed by atoms with Gasteiger partial charge in [-0.2, -0.15) is 0 Å². The Morgan fingerprint density at radius 1 is 1.27 bits per heavy atom. The number of aromatic nitrogens is 1. The molecule has 0 saturated carbocycles. The molecule has 0 bridgehead atoms. The third-order valence-electron chi connectivity index (χ3n) is 5.81. The number of amides is 2. The van der Waals surface area contributed by atoms with Crippen molar-refractivity contribution in [3.63, 3.8) is 0 Å². The van der Waals surface area contributed by atoms with E-state index in [2.05, 4.69) is 19.2 Å². The van der Waals surface area contributed by atoms with Crippen LogP contribution in [0.3, 0.4) is 0 Å². The summed E-state index contributed by atoms with van der Waals surface area (Å²) in [7, 11) is 0. The molecule has 2 amide bonds. The fraction of sp³-hybridized carbons (Fsp3) is 0.391. The molecule has 1 aliphatic heterocycles. The Bertz CT molecular complexity index is 1090. The fourth-order valence-electron chi connectivity index (χ4n) is 3.97. The Morgan fingerprint density at radius 2 is 2.00 bits per heavy atom. The summed E-state index contributed by atoms with van der Waals surface area (Å²) in [6.07, 6.45) is 0.821. The van der Waals surface area contributed by atoms with Crippen LogP contribution in [0.25, 0.3) is 10.2 Å². The standard InChI is InChI=1S/C23H26FN3O2S/c1-15(2)8-10-27-20(28)19-12-17-9-11-30-21(17)26(19)14-23(27,3)22(29)25-13-16-4-6-18(24)7-5-16/h4-7,9,11-12,15H,8,10,13-14H2,1-3H3,(H,25,29)/t23-/m1/s1. The molecule has 3 heterocycles. The number of halogens is 1. The van der Waals surface area contributed by atoms with Crippen molar-refractivity contribution in [3.8, 4) is 0 Å². The Hall–Kier alpha value is -2.67. The average molecular weight is 428 g/mol. The zero-order valence-corrected chi connectivity index (χ0v) is 18.3.